The molecule has 18 heavy (non-hydrogen) atoms. The number of carbonyl (C=O) groups is 1. The van der Waals surface area contributed by atoms with Crippen LogP contribution in [0.1, 0.15) is 18.4 Å². The van der Waals surface area contributed by atoms with Crippen LogP contribution in [-0.4, -0.2) is 30.2 Å². The highest BCUT2D eigenvalue weighted by Gasteiger charge is 2.22. The van der Waals surface area contributed by atoms with Crippen LogP contribution in [0.15, 0.2) is 29.2 Å². The highest BCUT2D eigenvalue weighted by atomic mass is 32.2. The number of piperidine rings is 1. The average Bonchev–Trinajstić information content (AvgIpc) is 2.40. The van der Waals surface area contributed by atoms with Crippen molar-refractivity contribution in [3.05, 3.63) is 29.8 Å². The summed E-state index contributed by atoms with van der Waals surface area (Å²) in [5.74, 6) is -0.0564. The van der Waals surface area contributed by atoms with Gasteiger partial charge in [0.25, 0.3) is 0 Å². The van der Waals surface area contributed by atoms with E-state index in [1.807, 2.05) is 0 Å². The van der Waals surface area contributed by atoms with Crippen molar-refractivity contribution in [1.82, 2.24) is 4.90 Å². The first-order valence-electron chi connectivity index (χ1n) is 6.33. The quantitative estimate of drug-likeness (QED) is 0.847. The normalized spacial score (nSPS) is 17.8. The molecule has 1 saturated heterocycles. The number of likely N-dealkylation sites (tertiary alicyclic amines) is 1. The van der Waals surface area contributed by atoms with E-state index in [0.717, 1.165) is 32.5 Å². The number of thioether (sulfide) groups is 1. The van der Waals surface area contributed by atoms with E-state index in [1.54, 1.807) is 11.8 Å². The van der Waals surface area contributed by atoms with Crippen molar-refractivity contribution in [3.63, 3.8) is 0 Å². The lowest BCUT2D eigenvalue weighted by Gasteiger charge is -2.30. The van der Waals surface area contributed by atoms with Gasteiger partial charge < -0.3 is 5.73 Å². The second-order valence-corrected chi connectivity index (χ2v) is 5.68. The molecule has 2 N–H and O–H groups in total. The molecule has 1 aliphatic rings. The van der Waals surface area contributed by atoms with E-state index >= 15 is 0 Å². The van der Waals surface area contributed by atoms with E-state index in [2.05, 4.69) is 35.4 Å². The average molecular weight is 264 g/mol. The van der Waals surface area contributed by atoms with Gasteiger partial charge in [-0.15, -0.1) is 11.8 Å². The second kappa shape index (κ2) is 6.25. The Kier molecular flexibility index (Phi) is 4.66. The Morgan fingerprint density at radius 3 is 2.44 bits per heavy atom. The van der Waals surface area contributed by atoms with Gasteiger partial charge in [-0.1, -0.05) is 12.1 Å². The van der Waals surface area contributed by atoms with Crippen molar-refractivity contribution in [2.24, 2.45) is 11.7 Å². The molecule has 1 aromatic carbocycles. The maximum Gasteiger partial charge on any atom is 0.220 e. The highest BCUT2D eigenvalue weighted by Crippen LogP contribution is 2.20. The minimum atomic E-state index is -0.140. The van der Waals surface area contributed by atoms with Gasteiger partial charge in [-0.2, -0.15) is 0 Å². The van der Waals surface area contributed by atoms with Crippen molar-refractivity contribution < 1.29 is 4.79 Å². The van der Waals surface area contributed by atoms with Crippen LogP contribution in [0.25, 0.3) is 0 Å². The van der Waals surface area contributed by atoms with Crippen LogP contribution in [0.2, 0.25) is 0 Å². The molecule has 1 fully saturated rings. The Morgan fingerprint density at radius 2 is 1.94 bits per heavy atom. The van der Waals surface area contributed by atoms with Gasteiger partial charge >= 0.3 is 0 Å². The van der Waals surface area contributed by atoms with Crippen LogP contribution >= 0.6 is 11.8 Å². The number of primary amides is 1. The zero-order valence-corrected chi connectivity index (χ0v) is 11.6. The lowest BCUT2D eigenvalue weighted by atomic mass is 9.96. The number of benzene rings is 1. The zero-order chi connectivity index (χ0) is 13.0. The first-order chi connectivity index (χ1) is 8.69. The number of hydrogen-bond acceptors (Lipinski definition) is 3. The van der Waals surface area contributed by atoms with E-state index in [9.17, 15) is 4.79 Å². The third-order valence-electron chi connectivity index (χ3n) is 3.56. The summed E-state index contributed by atoms with van der Waals surface area (Å²) in [6.07, 6.45) is 3.89. The monoisotopic (exact) mass is 264 g/mol. The Bertz CT molecular complexity index is 397. The maximum absolute atomic E-state index is 11.1. The number of nitrogens with two attached hydrogens (primary N) is 1. The zero-order valence-electron chi connectivity index (χ0n) is 10.8. The van der Waals surface area contributed by atoms with Crippen molar-refractivity contribution >= 4 is 17.7 Å². The first-order valence-corrected chi connectivity index (χ1v) is 7.56. The van der Waals surface area contributed by atoms with Gasteiger partial charge in [-0.25, -0.2) is 0 Å². The second-order valence-electron chi connectivity index (χ2n) is 4.80. The molecule has 0 saturated carbocycles. The molecule has 1 heterocycles. The molecule has 2 rings (SSSR count). The van der Waals surface area contributed by atoms with Crippen LogP contribution in [-0.2, 0) is 11.3 Å². The predicted molar refractivity (Wildman–Crippen MR) is 75.4 cm³/mol. The fourth-order valence-electron chi connectivity index (χ4n) is 2.36. The van der Waals surface area contributed by atoms with E-state index in [4.69, 9.17) is 5.73 Å². The summed E-state index contributed by atoms with van der Waals surface area (Å²) in [6, 6.07) is 8.70. The van der Waals surface area contributed by atoms with Crippen LogP contribution in [0, 0.1) is 5.92 Å². The van der Waals surface area contributed by atoms with Crippen LogP contribution in [0.5, 0.6) is 0 Å². The minimum Gasteiger partial charge on any atom is -0.369 e. The number of carbonyl (C=O) groups excluding carboxylic acids is 1. The molecular formula is C14H20N2OS. The Hall–Kier alpha value is -1.00. The molecule has 0 atom stereocenters. The third-order valence-corrected chi connectivity index (χ3v) is 4.30. The van der Waals surface area contributed by atoms with Gasteiger partial charge in [0.2, 0.25) is 5.91 Å². The van der Waals surface area contributed by atoms with Gasteiger partial charge in [-0.05, 0) is 49.9 Å². The maximum atomic E-state index is 11.1. The molecule has 0 aromatic heterocycles. The minimum absolute atomic E-state index is 0.0834. The molecule has 0 spiro atoms. The summed E-state index contributed by atoms with van der Waals surface area (Å²) in [4.78, 5) is 14.8. The smallest absolute Gasteiger partial charge is 0.220 e. The number of amides is 1. The van der Waals surface area contributed by atoms with Gasteiger partial charge in [-0.3, -0.25) is 9.69 Å². The van der Waals surface area contributed by atoms with Gasteiger partial charge in [0, 0.05) is 17.4 Å². The van der Waals surface area contributed by atoms with E-state index in [1.165, 1.54) is 10.5 Å². The highest BCUT2D eigenvalue weighted by molar-refractivity contribution is 7.98. The number of hydrogen-bond donors (Lipinski definition) is 1. The van der Waals surface area contributed by atoms with E-state index in [0.29, 0.717) is 0 Å². The SMILES string of the molecule is CSc1ccc(CN2CCC(C(N)=O)CC2)cc1. The topological polar surface area (TPSA) is 46.3 Å². The van der Waals surface area contributed by atoms with Gasteiger partial charge in [0.05, 0.1) is 0 Å². The predicted octanol–water partition coefficient (Wildman–Crippen LogP) is 2.11. The molecule has 4 heteroatoms. The van der Waals surface area contributed by atoms with Crippen LogP contribution in [0.3, 0.4) is 0 Å². The number of rotatable bonds is 4. The Balaban J connectivity index is 1.85. The molecule has 0 bridgehead atoms. The molecule has 0 aliphatic carbocycles. The molecule has 98 valence electrons. The summed E-state index contributed by atoms with van der Waals surface area (Å²) in [7, 11) is 0. The summed E-state index contributed by atoms with van der Waals surface area (Å²) >= 11 is 1.76. The third kappa shape index (κ3) is 3.50. The summed E-state index contributed by atoms with van der Waals surface area (Å²) < 4.78 is 0. The van der Waals surface area contributed by atoms with Crippen molar-refractivity contribution in [3.8, 4) is 0 Å². The van der Waals surface area contributed by atoms with Gasteiger partial charge in [0.15, 0.2) is 0 Å². The molecule has 1 aromatic rings. The van der Waals surface area contributed by atoms with Crippen molar-refractivity contribution in [2.75, 3.05) is 19.3 Å². The summed E-state index contributed by atoms with van der Waals surface area (Å²) in [5.41, 5.74) is 6.68. The van der Waals surface area contributed by atoms with E-state index in [-0.39, 0.29) is 11.8 Å². The van der Waals surface area contributed by atoms with Crippen LogP contribution < -0.4 is 5.73 Å². The molecule has 0 radical (unpaired) electrons. The van der Waals surface area contributed by atoms with Crippen molar-refractivity contribution in [2.45, 2.75) is 24.3 Å². The summed E-state index contributed by atoms with van der Waals surface area (Å²) in [5, 5.41) is 0. The molecule has 1 amide bonds. The fraction of sp³-hybridized carbons (Fsp3) is 0.500. The largest absolute Gasteiger partial charge is 0.369 e. The first kappa shape index (κ1) is 13.4. The number of nitrogens with zero attached hydrogens (tertiary/aromatic N) is 1. The van der Waals surface area contributed by atoms with Crippen molar-refractivity contribution in [1.29, 1.82) is 0 Å². The van der Waals surface area contributed by atoms with E-state index < -0.39 is 0 Å². The molecule has 3 nitrogen and oxygen atoms in total. The molecular weight excluding hydrogens is 244 g/mol. The van der Waals surface area contributed by atoms with Gasteiger partial charge in [0.1, 0.15) is 0 Å². The Labute approximate surface area is 113 Å². The Morgan fingerprint density at radius 1 is 1.33 bits per heavy atom. The molecule has 1 aliphatic heterocycles. The molecule has 0 unspecified atom stereocenters. The lowest BCUT2D eigenvalue weighted by Crippen LogP contribution is -2.38. The fourth-order valence-corrected chi connectivity index (χ4v) is 2.77. The standard InChI is InChI=1S/C14H20N2OS/c1-18-13-4-2-11(3-5-13)10-16-8-6-12(7-9-16)14(15)17/h2-5,12H,6-10H2,1H3,(H2,15,17). The summed E-state index contributed by atoms with van der Waals surface area (Å²) in [6.45, 7) is 2.91. The lowest BCUT2D eigenvalue weighted by molar-refractivity contribution is -0.123. The van der Waals surface area contributed by atoms with Crippen LogP contribution in [0.4, 0.5) is 0 Å².